The molecule has 7 nitrogen and oxygen atoms in total. The number of aromatic hydroxyl groups is 1. The topological polar surface area (TPSA) is 94.4 Å². The van der Waals surface area contributed by atoms with Crippen LogP contribution in [0.1, 0.15) is 18.4 Å². The van der Waals surface area contributed by atoms with Crippen molar-refractivity contribution in [2.75, 3.05) is 34.2 Å². The van der Waals surface area contributed by atoms with E-state index < -0.39 is 11.6 Å². The van der Waals surface area contributed by atoms with Crippen molar-refractivity contribution >= 4 is 28.5 Å². The molecule has 0 aromatic heterocycles. The standard InChI is InChI=1S/C23H24N4O3/c1-24-10-8-14-20-16(5-7-18(29)23(20)30)26-21(14)15-4-6-17(28)19-13(9-11-27(2)3)12-25-22(15)19/h4-7,12,24,28H,8-11H2,1-3H3. The molecular formula is C23H24N4O3. The third kappa shape index (κ3) is 3.36. The molecule has 30 heavy (non-hydrogen) atoms. The molecule has 1 aromatic rings. The van der Waals surface area contributed by atoms with Crippen molar-refractivity contribution in [2.45, 2.75) is 12.8 Å². The van der Waals surface area contributed by atoms with Crippen LogP contribution >= 0.6 is 0 Å². The third-order valence-electron chi connectivity index (χ3n) is 5.45. The summed E-state index contributed by atoms with van der Waals surface area (Å²) in [5, 5.41) is 15.0. The molecule has 0 radical (unpaired) electrons. The summed E-state index contributed by atoms with van der Waals surface area (Å²) in [6.45, 7) is 1.47. The van der Waals surface area contributed by atoms with E-state index in [1.54, 1.807) is 24.4 Å². The van der Waals surface area contributed by atoms with Gasteiger partial charge in [0.15, 0.2) is 0 Å². The van der Waals surface area contributed by atoms with Crippen molar-refractivity contribution in [3.63, 3.8) is 0 Å². The number of carbonyl (C=O) groups is 2. The average molecular weight is 404 g/mol. The van der Waals surface area contributed by atoms with Gasteiger partial charge in [-0.25, -0.2) is 4.99 Å². The van der Waals surface area contributed by atoms with Crippen molar-refractivity contribution in [2.24, 2.45) is 9.98 Å². The lowest BCUT2D eigenvalue weighted by Gasteiger charge is -2.12. The summed E-state index contributed by atoms with van der Waals surface area (Å²) in [6.07, 6.45) is 5.98. The SMILES string of the molecule is CNCCC1=C2C(=O)C(=O)C=CC2=NC1=c1ccc(O)c2c1=NC=C2CCN(C)C. The van der Waals surface area contributed by atoms with Crippen LogP contribution in [0.4, 0.5) is 0 Å². The van der Waals surface area contributed by atoms with Gasteiger partial charge in [-0.05, 0) is 76.0 Å². The molecule has 2 aliphatic heterocycles. The van der Waals surface area contributed by atoms with Gasteiger partial charge in [-0.15, -0.1) is 0 Å². The van der Waals surface area contributed by atoms with E-state index in [0.29, 0.717) is 40.9 Å². The first-order chi connectivity index (χ1) is 14.4. The Kier molecular flexibility index (Phi) is 5.32. The molecule has 3 aliphatic rings. The quantitative estimate of drug-likeness (QED) is 0.674. The summed E-state index contributed by atoms with van der Waals surface area (Å²) in [4.78, 5) is 36.0. The fourth-order valence-corrected chi connectivity index (χ4v) is 3.92. The Balaban J connectivity index is 1.92. The minimum absolute atomic E-state index is 0.180. The number of phenols is 1. The van der Waals surface area contributed by atoms with Crippen LogP contribution in [0.2, 0.25) is 0 Å². The molecule has 154 valence electrons. The lowest BCUT2D eigenvalue weighted by molar-refractivity contribution is -0.131. The van der Waals surface area contributed by atoms with E-state index >= 15 is 0 Å². The van der Waals surface area contributed by atoms with Crippen molar-refractivity contribution in [3.05, 3.63) is 57.8 Å². The van der Waals surface area contributed by atoms with Crippen LogP contribution in [0.3, 0.4) is 0 Å². The zero-order valence-electron chi connectivity index (χ0n) is 17.3. The Bertz CT molecular complexity index is 1200. The molecule has 2 N–H and O–H groups in total. The number of nitrogens with zero attached hydrogens (tertiary/aromatic N) is 3. The Hall–Kier alpha value is -3.16. The van der Waals surface area contributed by atoms with Crippen LogP contribution in [0.25, 0.3) is 11.3 Å². The summed E-state index contributed by atoms with van der Waals surface area (Å²) >= 11 is 0. The lowest BCUT2D eigenvalue weighted by atomic mass is 9.91. The molecule has 4 rings (SSSR count). The van der Waals surface area contributed by atoms with Crippen molar-refractivity contribution < 1.29 is 14.7 Å². The second-order valence-electron chi connectivity index (χ2n) is 7.77. The van der Waals surface area contributed by atoms with Gasteiger partial charge >= 0.3 is 0 Å². The summed E-state index contributed by atoms with van der Waals surface area (Å²) < 4.78 is 0. The van der Waals surface area contributed by atoms with E-state index in [2.05, 4.69) is 15.2 Å². The number of Topliss-reactive ketones (excluding diaryl/α,β-unsaturated/α-hetero) is 1. The average Bonchev–Trinajstić information content (AvgIpc) is 3.30. The number of benzene rings is 1. The van der Waals surface area contributed by atoms with Gasteiger partial charge in [0.1, 0.15) is 5.75 Å². The summed E-state index contributed by atoms with van der Waals surface area (Å²) in [5.41, 5.74) is 3.97. The van der Waals surface area contributed by atoms with Gasteiger partial charge in [-0.3, -0.25) is 14.6 Å². The third-order valence-corrected chi connectivity index (χ3v) is 5.45. The normalized spacial score (nSPS) is 19.2. The summed E-state index contributed by atoms with van der Waals surface area (Å²) in [7, 11) is 5.84. The second kappa shape index (κ2) is 7.93. The number of phenolic OH excluding ortho intramolecular Hbond substituents is 1. The molecule has 0 saturated heterocycles. The maximum Gasteiger partial charge on any atom is 0.235 e. The van der Waals surface area contributed by atoms with Gasteiger partial charge in [0.2, 0.25) is 11.6 Å². The van der Waals surface area contributed by atoms with Crippen LogP contribution in [-0.2, 0) is 9.59 Å². The zero-order valence-corrected chi connectivity index (χ0v) is 17.3. The molecule has 2 heterocycles. The van der Waals surface area contributed by atoms with Crippen LogP contribution in [0.5, 0.6) is 5.75 Å². The Morgan fingerprint density at radius 3 is 2.67 bits per heavy atom. The van der Waals surface area contributed by atoms with Gasteiger partial charge in [-0.1, -0.05) is 0 Å². The number of hydrogen-bond donors (Lipinski definition) is 2. The van der Waals surface area contributed by atoms with E-state index in [9.17, 15) is 14.7 Å². The monoisotopic (exact) mass is 404 g/mol. The van der Waals surface area contributed by atoms with Crippen molar-refractivity contribution in [1.82, 2.24) is 10.2 Å². The molecule has 0 saturated carbocycles. The van der Waals surface area contributed by atoms with Crippen LogP contribution in [-0.4, -0.2) is 61.5 Å². The van der Waals surface area contributed by atoms with Crippen LogP contribution in [0.15, 0.2) is 51.6 Å². The number of aliphatic imine (C=N–C) groups is 1. The molecule has 7 heteroatoms. The fourth-order valence-electron chi connectivity index (χ4n) is 3.92. The molecule has 0 atom stereocenters. The zero-order chi connectivity index (χ0) is 21.4. The number of rotatable bonds is 6. The van der Waals surface area contributed by atoms with Gasteiger partial charge in [-0.2, -0.15) is 0 Å². The smallest absolute Gasteiger partial charge is 0.235 e. The molecule has 1 aromatic carbocycles. The van der Waals surface area contributed by atoms with E-state index in [1.807, 2.05) is 21.1 Å². The molecule has 0 unspecified atom stereocenters. The highest BCUT2D eigenvalue weighted by Crippen LogP contribution is 2.32. The first-order valence-corrected chi connectivity index (χ1v) is 9.94. The molecule has 1 aliphatic carbocycles. The highest BCUT2D eigenvalue weighted by molar-refractivity contribution is 6.58. The highest BCUT2D eigenvalue weighted by Gasteiger charge is 2.33. The van der Waals surface area contributed by atoms with E-state index in [0.717, 1.165) is 29.3 Å². The second-order valence-corrected chi connectivity index (χ2v) is 7.77. The minimum Gasteiger partial charge on any atom is -0.507 e. The molecule has 0 bridgehead atoms. The van der Waals surface area contributed by atoms with E-state index in [-0.39, 0.29) is 5.75 Å². The van der Waals surface area contributed by atoms with Crippen molar-refractivity contribution in [3.8, 4) is 5.75 Å². The largest absolute Gasteiger partial charge is 0.507 e. The van der Waals surface area contributed by atoms with Gasteiger partial charge in [0, 0.05) is 23.5 Å². The predicted molar refractivity (Wildman–Crippen MR) is 116 cm³/mol. The fraction of sp³-hybridized carbons (Fsp3) is 0.304. The van der Waals surface area contributed by atoms with E-state index in [1.165, 1.54) is 6.08 Å². The Morgan fingerprint density at radius 2 is 1.93 bits per heavy atom. The number of carbonyl (C=O) groups excluding carboxylic acids is 2. The number of allylic oxidation sites excluding steroid dienone is 3. The maximum atomic E-state index is 12.6. The Morgan fingerprint density at radius 1 is 1.13 bits per heavy atom. The van der Waals surface area contributed by atoms with Crippen molar-refractivity contribution in [1.29, 1.82) is 0 Å². The molecular weight excluding hydrogens is 380 g/mol. The summed E-state index contributed by atoms with van der Waals surface area (Å²) in [6, 6.07) is 3.43. The van der Waals surface area contributed by atoms with E-state index in [4.69, 9.17) is 4.99 Å². The predicted octanol–water partition coefficient (Wildman–Crippen LogP) is 0.495. The highest BCUT2D eigenvalue weighted by atomic mass is 16.3. The number of hydrogen-bond acceptors (Lipinski definition) is 7. The number of fused-ring (bicyclic) bond motifs is 2. The lowest BCUT2D eigenvalue weighted by Crippen LogP contribution is -2.29. The number of ketones is 2. The Labute approximate surface area is 174 Å². The maximum absolute atomic E-state index is 12.6. The first-order valence-electron chi connectivity index (χ1n) is 9.94. The van der Waals surface area contributed by atoms with Crippen LogP contribution < -0.4 is 15.9 Å². The molecule has 0 amide bonds. The van der Waals surface area contributed by atoms with Gasteiger partial charge < -0.3 is 15.3 Å². The van der Waals surface area contributed by atoms with Gasteiger partial charge in [0.25, 0.3) is 0 Å². The number of nitrogens with one attached hydrogen (secondary N) is 1. The minimum atomic E-state index is -0.527. The van der Waals surface area contributed by atoms with Gasteiger partial charge in [0.05, 0.1) is 22.3 Å². The molecule has 0 fully saturated rings. The molecule has 0 spiro atoms. The summed E-state index contributed by atoms with van der Waals surface area (Å²) in [5.74, 6) is -0.866. The van der Waals surface area contributed by atoms with Crippen LogP contribution in [0, 0.1) is 0 Å². The first kappa shape index (κ1) is 20.1.